The van der Waals surface area contributed by atoms with Gasteiger partial charge in [-0.2, -0.15) is 0 Å². The van der Waals surface area contributed by atoms with Gasteiger partial charge in [0.1, 0.15) is 11.6 Å². The highest BCUT2D eigenvalue weighted by Gasteiger charge is 2.31. The molecule has 0 bridgehead atoms. The first-order chi connectivity index (χ1) is 36.2. The molecule has 2 aromatic heterocycles. The molecule has 1 saturated carbocycles. The maximum atomic E-state index is 12.8. The molecule has 0 radical (unpaired) electrons. The SMILES string of the molecule is [2H]C([2H])([2H])c1cc(C2([2H])CCC(C)(C)CC2)ccc1-c1ccc(-n2c(-c3cc(C(C)(C)C)cc(C(C)(C)C)c3O)nc3c(-c4cc(-c5cc(-c6ccccc6)ccn5)cc(C(C)(C)C)c4)cccc32)c(-c2ccccc2)c1. The van der Waals surface area contributed by atoms with Crippen molar-refractivity contribution in [2.75, 3.05) is 0 Å². The van der Waals surface area contributed by atoms with E-state index in [-0.39, 0.29) is 27.6 Å². The van der Waals surface area contributed by atoms with Crippen LogP contribution in [0.3, 0.4) is 0 Å². The molecule has 0 saturated heterocycles. The van der Waals surface area contributed by atoms with Crippen molar-refractivity contribution in [3.05, 3.63) is 192 Å². The van der Waals surface area contributed by atoms with Gasteiger partial charge in [-0.25, -0.2) is 4.98 Å². The molecule has 4 nitrogen and oxygen atoms in total. The molecule has 1 N–H and O–H groups in total. The zero-order chi connectivity index (χ0) is 55.0. The number of aromatic hydroxyl groups is 1. The molecule has 10 rings (SSSR count). The molecule has 7 aromatic carbocycles. The fraction of sp³-hybridized carbons (Fsp3) is 0.304. The number of rotatable bonds is 8. The second-order valence-corrected chi connectivity index (χ2v) is 24.3. The van der Waals surface area contributed by atoms with Gasteiger partial charge >= 0.3 is 0 Å². The number of nitrogens with zero attached hydrogens (tertiary/aromatic N) is 3. The van der Waals surface area contributed by atoms with Crippen molar-refractivity contribution in [1.29, 1.82) is 0 Å². The Balaban J connectivity index is 1.25. The fourth-order valence-corrected chi connectivity index (χ4v) is 10.6. The van der Waals surface area contributed by atoms with E-state index in [2.05, 4.69) is 190 Å². The van der Waals surface area contributed by atoms with Crippen LogP contribution in [0.2, 0.25) is 0 Å². The number of phenols is 1. The smallest absolute Gasteiger partial charge is 0.149 e. The van der Waals surface area contributed by atoms with E-state index in [1.807, 2.05) is 48.7 Å². The third-order valence-electron chi connectivity index (χ3n) is 15.3. The molecule has 0 amide bonds. The first-order valence-electron chi connectivity index (χ1n) is 28.1. The Morgan fingerprint density at radius 3 is 1.90 bits per heavy atom. The predicted octanol–water partition coefficient (Wildman–Crippen LogP) is 19.0. The number of hydrogen-bond donors (Lipinski definition) is 1. The maximum absolute atomic E-state index is 12.8. The number of imidazole rings is 1. The van der Waals surface area contributed by atoms with Crippen molar-refractivity contribution in [2.45, 2.75) is 131 Å². The Morgan fingerprint density at radius 2 is 1.23 bits per heavy atom. The van der Waals surface area contributed by atoms with Crippen LogP contribution in [-0.2, 0) is 16.2 Å². The largest absolute Gasteiger partial charge is 0.507 e. The minimum absolute atomic E-state index is 0.159. The summed E-state index contributed by atoms with van der Waals surface area (Å²) in [5, 5.41) is 12.8. The number of fused-ring (bicyclic) bond motifs is 1. The Labute approximate surface area is 440 Å². The number of pyridine rings is 1. The third kappa shape index (κ3) is 9.94. The van der Waals surface area contributed by atoms with E-state index >= 15 is 0 Å². The van der Waals surface area contributed by atoms with Gasteiger partial charge in [-0.05, 0) is 164 Å². The van der Waals surface area contributed by atoms with Crippen molar-refractivity contribution in [3.63, 3.8) is 0 Å². The zero-order valence-corrected chi connectivity index (χ0v) is 44.7. The van der Waals surface area contributed by atoms with Crippen molar-refractivity contribution in [2.24, 2.45) is 5.41 Å². The average molecular weight is 964 g/mol. The summed E-state index contributed by atoms with van der Waals surface area (Å²) in [5.74, 6) is -0.0909. The van der Waals surface area contributed by atoms with Gasteiger partial charge in [-0.1, -0.05) is 185 Å². The second kappa shape index (κ2) is 18.8. The summed E-state index contributed by atoms with van der Waals surface area (Å²) in [5.41, 5.74) is 15.6. The highest BCUT2D eigenvalue weighted by molar-refractivity contribution is 5.98. The van der Waals surface area contributed by atoms with E-state index in [1.54, 1.807) is 6.07 Å². The molecule has 370 valence electrons. The summed E-state index contributed by atoms with van der Waals surface area (Å²) in [6, 6.07) is 54.1. The molecular weight excluding hydrogens is 887 g/mol. The topological polar surface area (TPSA) is 50.9 Å². The lowest BCUT2D eigenvalue weighted by molar-refractivity contribution is 0.224. The van der Waals surface area contributed by atoms with Crippen molar-refractivity contribution >= 4 is 11.0 Å². The summed E-state index contributed by atoms with van der Waals surface area (Å²) >= 11 is 0. The van der Waals surface area contributed by atoms with E-state index in [9.17, 15) is 6.48 Å². The van der Waals surface area contributed by atoms with Gasteiger partial charge in [0, 0.05) is 33.9 Å². The monoisotopic (exact) mass is 964 g/mol. The second-order valence-electron chi connectivity index (χ2n) is 24.3. The van der Waals surface area contributed by atoms with E-state index in [4.69, 9.17) is 14.1 Å². The van der Waals surface area contributed by atoms with Gasteiger partial charge in [0.15, 0.2) is 0 Å². The third-order valence-corrected chi connectivity index (χ3v) is 15.3. The lowest BCUT2D eigenvalue weighted by Gasteiger charge is -2.34. The summed E-state index contributed by atoms with van der Waals surface area (Å²) in [4.78, 5) is 10.7. The molecule has 0 spiro atoms. The number of aryl methyl sites for hydroxylation is 1. The minimum atomic E-state index is -2.43. The van der Waals surface area contributed by atoms with Gasteiger partial charge < -0.3 is 5.11 Å². The van der Waals surface area contributed by atoms with Crippen LogP contribution in [-0.4, -0.2) is 19.6 Å². The highest BCUT2D eigenvalue weighted by atomic mass is 16.3. The van der Waals surface area contributed by atoms with Crippen LogP contribution in [0.25, 0.3) is 83.9 Å². The van der Waals surface area contributed by atoms with Crippen LogP contribution in [0.5, 0.6) is 5.75 Å². The van der Waals surface area contributed by atoms with E-state index in [0.717, 1.165) is 102 Å². The summed E-state index contributed by atoms with van der Waals surface area (Å²) < 4.78 is 38.5. The number of phenolic OH excluding ortho intramolecular Hbond substituents is 1. The normalized spacial score (nSPS) is 15.9. The summed E-state index contributed by atoms with van der Waals surface area (Å²) in [6.45, 7) is 21.8. The summed E-state index contributed by atoms with van der Waals surface area (Å²) in [7, 11) is 0. The molecule has 1 aliphatic carbocycles. The van der Waals surface area contributed by atoms with E-state index < -0.39 is 18.2 Å². The molecule has 0 atom stereocenters. The van der Waals surface area contributed by atoms with Crippen molar-refractivity contribution in [3.8, 4) is 78.6 Å². The van der Waals surface area contributed by atoms with Crippen LogP contribution in [0.4, 0.5) is 0 Å². The maximum Gasteiger partial charge on any atom is 0.149 e. The molecule has 0 unspecified atom stereocenters. The zero-order valence-electron chi connectivity index (χ0n) is 48.7. The van der Waals surface area contributed by atoms with Gasteiger partial charge in [0.05, 0.1) is 28.0 Å². The average Bonchev–Trinajstić information content (AvgIpc) is 3.78. The number of benzene rings is 7. The number of aromatic nitrogens is 3. The quantitative estimate of drug-likeness (QED) is 0.165. The molecule has 2 heterocycles. The Kier molecular flexibility index (Phi) is 11.5. The van der Waals surface area contributed by atoms with E-state index in [0.29, 0.717) is 29.8 Å². The molecule has 9 aromatic rings. The van der Waals surface area contributed by atoms with Crippen molar-refractivity contribution < 1.29 is 10.6 Å². The number of hydrogen-bond acceptors (Lipinski definition) is 3. The van der Waals surface area contributed by atoms with Crippen molar-refractivity contribution in [1.82, 2.24) is 14.5 Å². The molecule has 1 fully saturated rings. The van der Waals surface area contributed by atoms with Crippen LogP contribution in [0.1, 0.15) is 141 Å². The van der Waals surface area contributed by atoms with Gasteiger partial charge in [0.25, 0.3) is 0 Å². The first-order valence-corrected chi connectivity index (χ1v) is 26.1. The van der Waals surface area contributed by atoms with E-state index in [1.165, 1.54) is 0 Å². The van der Waals surface area contributed by atoms with Crippen LogP contribution < -0.4 is 0 Å². The fourth-order valence-electron chi connectivity index (χ4n) is 10.6. The lowest BCUT2D eigenvalue weighted by atomic mass is 9.71. The van der Waals surface area contributed by atoms with Crippen LogP contribution >= 0.6 is 0 Å². The van der Waals surface area contributed by atoms with Crippen LogP contribution in [0, 0.1) is 12.3 Å². The molecule has 0 aliphatic heterocycles. The Hall–Kier alpha value is -7.04. The molecule has 1 aliphatic rings. The molecule has 73 heavy (non-hydrogen) atoms. The number of para-hydroxylation sites is 1. The van der Waals surface area contributed by atoms with Gasteiger partial charge in [0.2, 0.25) is 0 Å². The lowest BCUT2D eigenvalue weighted by Crippen LogP contribution is -2.20. The highest BCUT2D eigenvalue weighted by Crippen LogP contribution is 2.48. The predicted molar refractivity (Wildman–Crippen MR) is 309 cm³/mol. The molecule has 4 heteroatoms. The molecular formula is C69H73N3O. The van der Waals surface area contributed by atoms with Gasteiger partial charge in [-0.15, -0.1) is 0 Å². The first kappa shape index (κ1) is 44.6. The standard InChI is InChI=1S/C69H73N3O/c1-44-36-48(46-30-33-69(11,12)34-31-46)26-28-55(44)50-27-29-61(57(40-50)47-22-17-14-18-23-47)72-62-25-19-24-56(63(62)71-65(72)58-42-54(67(5,6)7)43-59(64(58)73)68(8,9)10)51-37-52(39-53(38-51)66(2,3)4)60-41-49(32-35-70-60)45-20-15-13-16-21-45/h13-29,32,35-43,46,73H,30-31,33-34H2,1-12H3/i1D3,46D. The minimum Gasteiger partial charge on any atom is -0.507 e. The van der Waals surface area contributed by atoms with Crippen LogP contribution in [0.15, 0.2) is 164 Å². The Morgan fingerprint density at radius 1 is 0.562 bits per heavy atom. The Bertz CT molecular complexity index is 3670. The summed E-state index contributed by atoms with van der Waals surface area (Å²) in [6.07, 6.45) is 5.08. The van der Waals surface area contributed by atoms with Gasteiger partial charge in [-0.3, -0.25) is 9.55 Å².